The molecule has 1 aliphatic carbocycles. The molecule has 0 aliphatic heterocycles. The summed E-state index contributed by atoms with van der Waals surface area (Å²) < 4.78 is 1.60. The maximum absolute atomic E-state index is 2.25. The average Bonchev–Trinajstić information content (AvgIpc) is 2.53. The molecule has 0 radical (unpaired) electrons. The fourth-order valence-electron chi connectivity index (χ4n) is 1.46. The van der Waals surface area contributed by atoms with Gasteiger partial charge in [-0.1, -0.05) is 0 Å². The van der Waals surface area contributed by atoms with Crippen molar-refractivity contribution in [2.24, 2.45) is 0 Å². The number of rotatable bonds is 1. The Hall–Kier alpha value is -0.677. The van der Waals surface area contributed by atoms with Gasteiger partial charge in [-0.15, -0.1) is 0 Å². The van der Waals surface area contributed by atoms with Crippen molar-refractivity contribution < 1.29 is 18.3 Å². The van der Waals surface area contributed by atoms with Crippen molar-refractivity contribution in [3.63, 3.8) is 0 Å². The fraction of sp³-hybridized carbons (Fsp3) is 0.0909. The third-order valence-electron chi connectivity index (χ3n) is 2.11. The molecule has 1 aromatic carbocycles. The van der Waals surface area contributed by atoms with Gasteiger partial charge in [0.05, 0.1) is 0 Å². The van der Waals surface area contributed by atoms with Crippen LogP contribution in [-0.4, -0.2) is 0 Å². The zero-order chi connectivity index (χ0) is 8.39. The molecule has 0 N–H and O–H groups in total. The van der Waals surface area contributed by atoms with Gasteiger partial charge in [0.1, 0.15) is 0 Å². The Morgan fingerprint density at radius 3 is 2.42 bits per heavy atom. The van der Waals surface area contributed by atoms with Gasteiger partial charge in [0.25, 0.3) is 0 Å². The summed E-state index contributed by atoms with van der Waals surface area (Å²) in [5.41, 5.74) is 2.82. The molecule has 0 atom stereocenters. The van der Waals surface area contributed by atoms with Gasteiger partial charge in [0, 0.05) is 0 Å². The maximum atomic E-state index is 2.25. The van der Waals surface area contributed by atoms with Crippen LogP contribution in [0.25, 0.3) is 5.57 Å². The van der Waals surface area contributed by atoms with Gasteiger partial charge >= 0.3 is 82.5 Å². The van der Waals surface area contributed by atoms with E-state index in [2.05, 4.69) is 42.5 Å². The topological polar surface area (TPSA) is 0 Å². The van der Waals surface area contributed by atoms with Crippen LogP contribution in [0.1, 0.15) is 12.0 Å². The predicted molar refractivity (Wildman–Crippen MR) is 47.1 cm³/mol. The molecule has 0 unspecified atom stereocenters. The standard InChI is InChI=1S/C11H9.Zn/c1-2-6-10(7-3-1)11-8-4-5-9-11;/h1-4,6-8H,5H2;. The summed E-state index contributed by atoms with van der Waals surface area (Å²) in [5, 5.41) is 0. The van der Waals surface area contributed by atoms with E-state index in [0.29, 0.717) is 0 Å². The zero-order valence-corrected chi connectivity index (χ0v) is 9.92. The second kappa shape index (κ2) is 3.37. The zero-order valence-electron chi connectivity index (χ0n) is 6.96. The van der Waals surface area contributed by atoms with Crippen molar-refractivity contribution in [3.8, 4) is 0 Å². The van der Waals surface area contributed by atoms with Crippen LogP contribution in [0.15, 0.2) is 46.7 Å². The Morgan fingerprint density at radius 1 is 1.08 bits per heavy atom. The van der Waals surface area contributed by atoms with Gasteiger partial charge in [-0.3, -0.25) is 0 Å². The number of allylic oxidation sites excluding steroid dienone is 4. The third kappa shape index (κ3) is 1.42. The normalized spacial score (nSPS) is 15.8. The summed E-state index contributed by atoms with van der Waals surface area (Å²) in [7, 11) is 0. The molecule has 0 spiro atoms. The molecular weight excluding hydrogens is 198 g/mol. The van der Waals surface area contributed by atoms with E-state index in [1.807, 2.05) is 0 Å². The summed E-state index contributed by atoms with van der Waals surface area (Å²) in [5.74, 6) is 0. The molecule has 2 rings (SSSR count). The first-order chi connectivity index (χ1) is 5.88. The second-order valence-electron chi connectivity index (χ2n) is 2.99. The molecule has 0 heterocycles. The van der Waals surface area contributed by atoms with E-state index < -0.39 is 0 Å². The molecule has 12 heavy (non-hydrogen) atoms. The molecule has 0 aromatic heterocycles. The minimum atomic E-state index is 1.17. The first kappa shape index (κ1) is 7.95. The van der Waals surface area contributed by atoms with Crippen molar-refractivity contribution in [3.05, 3.63) is 52.2 Å². The molecule has 1 aromatic rings. The molecule has 1 heteroatoms. The van der Waals surface area contributed by atoms with Gasteiger partial charge in [0.15, 0.2) is 0 Å². The van der Waals surface area contributed by atoms with Crippen molar-refractivity contribution in [1.29, 1.82) is 0 Å². The Kier molecular flexibility index (Phi) is 2.23. The van der Waals surface area contributed by atoms with Crippen LogP contribution in [0, 0.1) is 0 Å². The van der Waals surface area contributed by atoms with E-state index in [4.69, 9.17) is 0 Å². The SMILES string of the molecule is [Zn][C]1=C(c2ccccc2)C=CC1. The molecule has 0 saturated heterocycles. The summed E-state index contributed by atoms with van der Waals surface area (Å²) >= 11 is 1.29. The molecule has 0 bridgehead atoms. The first-order valence-corrected chi connectivity index (χ1v) is 5.63. The van der Waals surface area contributed by atoms with Crippen LogP contribution in [-0.2, 0) is 18.3 Å². The second-order valence-corrected chi connectivity index (χ2v) is 4.78. The average molecular weight is 207 g/mol. The Bertz CT molecular complexity index is 333. The van der Waals surface area contributed by atoms with E-state index in [9.17, 15) is 0 Å². The first-order valence-electron chi connectivity index (χ1n) is 4.15. The molecule has 0 saturated carbocycles. The van der Waals surface area contributed by atoms with Gasteiger partial charge in [0.2, 0.25) is 0 Å². The third-order valence-corrected chi connectivity index (χ3v) is 3.52. The van der Waals surface area contributed by atoms with E-state index in [1.54, 1.807) is 4.17 Å². The number of benzene rings is 1. The van der Waals surface area contributed by atoms with E-state index in [1.165, 1.54) is 35.9 Å². The predicted octanol–water partition coefficient (Wildman–Crippen LogP) is 2.90. The van der Waals surface area contributed by atoms with Crippen LogP contribution >= 0.6 is 0 Å². The summed E-state index contributed by atoms with van der Waals surface area (Å²) in [6.07, 6.45) is 5.67. The molecule has 1 aliphatic rings. The van der Waals surface area contributed by atoms with Crippen molar-refractivity contribution in [2.45, 2.75) is 6.42 Å². The molecule has 55 valence electrons. The number of hydrogen-bond donors (Lipinski definition) is 0. The van der Waals surface area contributed by atoms with Crippen LogP contribution in [0.4, 0.5) is 0 Å². The quantitative estimate of drug-likeness (QED) is 0.620. The van der Waals surface area contributed by atoms with Gasteiger partial charge < -0.3 is 0 Å². The molecule has 0 fully saturated rings. The minimum absolute atomic E-state index is 1.17. The van der Waals surface area contributed by atoms with E-state index in [-0.39, 0.29) is 0 Å². The fourth-order valence-corrected chi connectivity index (χ4v) is 2.49. The summed E-state index contributed by atoms with van der Waals surface area (Å²) in [4.78, 5) is 0. The van der Waals surface area contributed by atoms with Crippen LogP contribution in [0.3, 0.4) is 0 Å². The van der Waals surface area contributed by atoms with E-state index >= 15 is 0 Å². The Labute approximate surface area is 82.7 Å². The van der Waals surface area contributed by atoms with Gasteiger partial charge in [-0.2, -0.15) is 0 Å². The van der Waals surface area contributed by atoms with Crippen LogP contribution < -0.4 is 0 Å². The van der Waals surface area contributed by atoms with E-state index in [0.717, 1.165) is 0 Å². The van der Waals surface area contributed by atoms with Crippen LogP contribution in [0.2, 0.25) is 0 Å². The number of hydrogen-bond acceptors (Lipinski definition) is 0. The monoisotopic (exact) mass is 205 g/mol. The summed E-state index contributed by atoms with van der Waals surface area (Å²) in [6, 6.07) is 10.6. The summed E-state index contributed by atoms with van der Waals surface area (Å²) in [6.45, 7) is 0. The van der Waals surface area contributed by atoms with Crippen molar-refractivity contribution in [1.82, 2.24) is 0 Å². The Balaban J connectivity index is 2.44. The Morgan fingerprint density at radius 2 is 1.83 bits per heavy atom. The molecule has 0 nitrogen and oxygen atoms in total. The molecular formula is C11H9Zn. The van der Waals surface area contributed by atoms with Gasteiger partial charge in [-0.25, -0.2) is 0 Å². The van der Waals surface area contributed by atoms with Gasteiger partial charge in [-0.05, 0) is 0 Å². The van der Waals surface area contributed by atoms with Crippen molar-refractivity contribution >= 4 is 5.57 Å². The molecule has 0 amide bonds. The van der Waals surface area contributed by atoms with Crippen molar-refractivity contribution in [2.75, 3.05) is 0 Å². The van der Waals surface area contributed by atoms with Crippen LogP contribution in [0.5, 0.6) is 0 Å².